The number of hydrogen-bond donors (Lipinski definition) is 3. The average molecular weight is 302 g/mol. The molecule has 1 rings (SSSR count). The van der Waals surface area contributed by atoms with Gasteiger partial charge in [0, 0.05) is 12.6 Å². The number of anilines is 1. The second kappa shape index (κ2) is 6.93. The zero-order valence-corrected chi connectivity index (χ0v) is 13.0. The van der Waals surface area contributed by atoms with E-state index < -0.39 is 10.0 Å². The highest BCUT2D eigenvalue weighted by atomic mass is 32.2. The molecular formula is C11H22N6O2S. The number of nitrogens with zero attached hydrogens (tertiary/aromatic N) is 3. The van der Waals surface area contributed by atoms with Gasteiger partial charge in [-0.3, -0.25) is 5.43 Å². The molecule has 0 aliphatic carbocycles. The number of likely N-dealkylation sites (N-methyl/N-ethyl adjacent to an activating group) is 1. The number of nitrogens with two attached hydrogens (primary N) is 1. The zero-order valence-electron chi connectivity index (χ0n) is 12.2. The maximum atomic E-state index is 12.3. The molecule has 1 aromatic rings. The summed E-state index contributed by atoms with van der Waals surface area (Å²) in [5, 5.41) is 0. The number of aromatic nitrogens is 2. The van der Waals surface area contributed by atoms with Gasteiger partial charge in [-0.05, 0) is 20.0 Å². The van der Waals surface area contributed by atoms with Crippen molar-refractivity contribution in [1.82, 2.24) is 19.6 Å². The highest BCUT2D eigenvalue weighted by Gasteiger charge is 2.23. The summed E-state index contributed by atoms with van der Waals surface area (Å²) in [5.74, 6) is 5.47. The van der Waals surface area contributed by atoms with Gasteiger partial charge in [-0.15, -0.1) is 0 Å². The van der Waals surface area contributed by atoms with Gasteiger partial charge in [0.15, 0.2) is 0 Å². The first-order chi connectivity index (χ1) is 9.26. The summed E-state index contributed by atoms with van der Waals surface area (Å²) in [5.41, 5.74) is 2.25. The van der Waals surface area contributed by atoms with Crippen LogP contribution in [0.4, 0.5) is 5.95 Å². The van der Waals surface area contributed by atoms with Crippen molar-refractivity contribution in [2.24, 2.45) is 11.8 Å². The summed E-state index contributed by atoms with van der Waals surface area (Å²) in [6, 6.07) is -0.192. The summed E-state index contributed by atoms with van der Waals surface area (Å²) < 4.78 is 27.2. The van der Waals surface area contributed by atoms with E-state index in [0.29, 0.717) is 6.54 Å². The van der Waals surface area contributed by atoms with E-state index in [1.54, 1.807) is 0 Å². The van der Waals surface area contributed by atoms with E-state index in [9.17, 15) is 8.42 Å². The minimum Gasteiger partial charge on any atom is -0.308 e. The van der Waals surface area contributed by atoms with Crippen molar-refractivity contribution in [3.63, 3.8) is 0 Å². The molecule has 8 nitrogen and oxygen atoms in total. The molecule has 0 aliphatic rings. The summed E-state index contributed by atoms with van der Waals surface area (Å²) in [7, 11) is 0.149. The number of rotatable bonds is 7. The van der Waals surface area contributed by atoms with Crippen LogP contribution in [0.15, 0.2) is 17.3 Å². The maximum absolute atomic E-state index is 12.3. The third kappa shape index (κ3) is 4.67. The molecule has 0 radical (unpaired) electrons. The quantitative estimate of drug-likeness (QED) is 0.465. The van der Waals surface area contributed by atoms with Crippen LogP contribution in [0.5, 0.6) is 0 Å². The lowest BCUT2D eigenvalue weighted by molar-refractivity contribution is 0.314. The number of hydrogen-bond acceptors (Lipinski definition) is 7. The fourth-order valence-electron chi connectivity index (χ4n) is 1.57. The number of sulfonamides is 1. The Hall–Kier alpha value is -1.29. The number of nitrogen functional groups attached to an aromatic ring is 1. The van der Waals surface area contributed by atoms with Gasteiger partial charge < -0.3 is 4.90 Å². The van der Waals surface area contributed by atoms with Gasteiger partial charge in [0.1, 0.15) is 4.90 Å². The van der Waals surface area contributed by atoms with E-state index in [4.69, 9.17) is 5.84 Å². The van der Waals surface area contributed by atoms with E-state index in [0.717, 1.165) is 0 Å². The van der Waals surface area contributed by atoms with Gasteiger partial charge in [0.2, 0.25) is 16.0 Å². The summed E-state index contributed by atoms with van der Waals surface area (Å²) in [4.78, 5) is 9.55. The molecule has 0 bridgehead atoms. The monoisotopic (exact) mass is 302 g/mol. The molecule has 1 aromatic heterocycles. The van der Waals surface area contributed by atoms with Crippen LogP contribution >= 0.6 is 0 Å². The van der Waals surface area contributed by atoms with Crippen molar-refractivity contribution in [1.29, 1.82) is 0 Å². The largest absolute Gasteiger partial charge is 0.308 e. The van der Waals surface area contributed by atoms with Crippen molar-refractivity contribution in [3.8, 4) is 0 Å². The van der Waals surface area contributed by atoms with E-state index in [1.807, 2.05) is 32.8 Å². The first-order valence-corrected chi connectivity index (χ1v) is 7.70. The number of hydrazine groups is 1. The average Bonchev–Trinajstić information content (AvgIpc) is 2.37. The predicted octanol–water partition coefficient (Wildman–Crippen LogP) is -0.373. The minimum atomic E-state index is -3.65. The Morgan fingerprint density at radius 1 is 1.30 bits per heavy atom. The molecule has 1 unspecified atom stereocenters. The summed E-state index contributed by atoms with van der Waals surface area (Å²) in [6.45, 7) is 4.55. The van der Waals surface area contributed by atoms with Crippen LogP contribution in [0.3, 0.4) is 0 Å². The molecule has 0 fully saturated rings. The topological polar surface area (TPSA) is 113 Å². The molecule has 4 N–H and O–H groups in total. The van der Waals surface area contributed by atoms with Crippen LogP contribution < -0.4 is 16.0 Å². The van der Waals surface area contributed by atoms with Crippen LogP contribution in [-0.2, 0) is 10.0 Å². The van der Waals surface area contributed by atoms with Crippen molar-refractivity contribution < 1.29 is 8.42 Å². The third-order valence-corrected chi connectivity index (χ3v) is 4.19. The minimum absolute atomic E-state index is 0.0147. The predicted molar refractivity (Wildman–Crippen MR) is 77.3 cm³/mol. The molecular weight excluding hydrogens is 280 g/mol. The Labute approximate surface area is 119 Å². The Morgan fingerprint density at radius 3 is 2.25 bits per heavy atom. The molecule has 0 aliphatic heterocycles. The van der Waals surface area contributed by atoms with E-state index in [1.165, 1.54) is 12.4 Å². The first-order valence-electron chi connectivity index (χ1n) is 6.22. The molecule has 0 amide bonds. The van der Waals surface area contributed by atoms with Crippen molar-refractivity contribution >= 4 is 16.0 Å². The second-order valence-corrected chi connectivity index (χ2v) is 6.83. The number of nitrogens with one attached hydrogen (secondary N) is 2. The SMILES string of the molecule is CC(C)C(CN(C)C)NS(=O)(=O)c1cnc(NN)nc1. The second-order valence-electron chi connectivity index (χ2n) is 5.12. The molecule has 20 heavy (non-hydrogen) atoms. The lowest BCUT2D eigenvalue weighted by Crippen LogP contribution is -2.44. The molecule has 1 atom stereocenters. The molecule has 1 heterocycles. The van der Waals surface area contributed by atoms with E-state index in [2.05, 4.69) is 20.1 Å². The Morgan fingerprint density at radius 2 is 1.85 bits per heavy atom. The van der Waals surface area contributed by atoms with Gasteiger partial charge in [0.25, 0.3) is 0 Å². The molecule has 114 valence electrons. The smallest absolute Gasteiger partial charge is 0.243 e. The molecule has 9 heteroatoms. The van der Waals surface area contributed by atoms with Gasteiger partial charge in [-0.25, -0.2) is 29.0 Å². The van der Waals surface area contributed by atoms with E-state index >= 15 is 0 Å². The van der Waals surface area contributed by atoms with Gasteiger partial charge in [-0.2, -0.15) is 0 Å². The lowest BCUT2D eigenvalue weighted by atomic mass is 10.1. The van der Waals surface area contributed by atoms with Crippen LogP contribution in [-0.4, -0.2) is 50.0 Å². The molecule has 0 aromatic carbocycles. The van der Waals surface area contributed by atoms with Gasteiger partial charge in [-0.1, -0.05) is 13.8 Å². The van der Waals surface area contributed by atoms with Crippen molar-refractivity contribution in [2.45, 2.75) is 24.8 Å². The van der Waals surface area contributed by atoms with Gasteiger partial charge in [0.05, 0.1) is 12.4 Å². The summed E-state index contributed by atoms with van der Waals surface area (Å²) >= 11 is 0. The highest BCUT2D eigenvalue weighted by Crippen LogP contribution is 2.11. The normalized spacial score (nSPS) is 13.8. The zero-order chi connectivity index (χ0) is 15.3. The van der Waals surface area contributed by atoms with Crippen molar-refractivity contribution in [2.75, 3.05) is 26.1 Å². The molecule has 0 saturated carbocycles. The van der Waals surface area contributed by atoms with E-state index in [-0.39, 0.29) is 22.8 Å². The lowest BCUT2D eigenvalue weighted by Gasteiger charge is -2.25. The highest BCUT2D eigenvalue weighted by molar-refractivity contribution is 7.89. The standard InChI is InChI=1S/C11H22N6O2S/c1-8(2)10(7-17(3)4)16-20(18,19)9-5-13-11(15-12)14-6-9/h5-6,8,10,16H,7,12H2,1-4H3,(H,13,14,15). The summed E-state index contributed by atoms with van der Waals surface area (Å²) in [6.07, 6.45) is 2.44. The van der Waals surface area contributed by atoms with Crippen LogP contribution in [0.25, 0.3) is 0 Å². The van der Waals surface area contributed by atoms with Crippen LogP contribution in [0, 0.1) is 5.92 Å². The Balaban J connectivity index is 2.91. The van der Waals surface area contributed by atoms with Crippen LogP contribution in [0.2, 0.25) is 0 Å². The fraction of sp³-hybridized carbons (Fsp3) is 0.636. The fourth-order valence-corrected chi connectivity index (χ4v) is 2.84. The van der Waals surface area contributed by atoms with Crippen LogP contribution in [0.1, 0.15) is 13.8 Å². The molecule has 0 saturated heterocycles. The Kier molecular flexibility index (Phi) is 5.81. The third-order valence-electron chi connectivity index (χ3n) is 2.74. The Bertz CT molecular complexity index is 514. The first kappa shape index (κ1) is 16.8. The molecule has 0 spiro atoms. The maximum Gasteiger partial charge on any atom is 0.243 e. The van der Waals surface area contributed by atoms with Gasteiger partial charge >= 0.3 is 0 Å². The van der Waals surface area contributed by atoms with Crippen molar-refractivity contribution in [3.05, 3.63) is 12.4 Å².